The number of para-hydroxylation sites is 2. The van der Waals surface area contributed by atoms with Gasteiger partial charge in [-0.3, -0.25) is 9.59 Å². The van der Waals surface area contributed by atoms with Gasteiger partial charge in [0, 0.05) is 32.2 Å². The Labute approximate surface area is 139 Å². The summed E-state index contributed by atoms with van der Waals surface area (Å²) in [4.78, 5) is 33.2. The number of ether oxygens (including phenoxy) is 1. The molecule has 2 aromatic rings. The number of hydrogen-bond donors (Lipinski definition) is 2. The van der Waals surface area contributed by atoms with Crippen LogP contribution in [0.1, 0.15) is 23.3 Å². The molecule has 0 bridgehead atoms. The topological polar surface area (TPSA) is 95.5 Å². The van der Waals surface area contributed by atoms with Crippen LogP contribution >= 0.6 is 0 Å². The van der Waals surface area contributed by atoms with Gasteiger partial charge in [-0.1, -0.05) is 12.1 Å². The summed E-state index contributed by atoms with van der Waals surface area (Å²) in [5.74, 6) is -0.443. The fourth-order valence-electron chi connectivity index (χ4n) is 3.10. The van der Waals surface area contributed by atoms with Crippen molar-refractivity contribution in [1.29, 1.82) is 0 Å². The van der Waals surface area contributed by atoms with Crippen LogP contribution in [0.25, 0.3) is 11.0 Å². The van der Waals surface area contributed by atoms with Crippen LogP contribution in [0.2, 0.25) is 0 Å². The highest BCUT2D eigenvalue weighted by Crippen LogP contribution is 2.30. The van der Waals surface area contributed by atoms with Crippen LogP contribution < -0.4 is 5.56 Å². The van der Waals surface area contributed by atoms with E-state index in [4.69, 9.17) is 4.74 Å². The number of fused-ring (bicyclic) bond motifs is 1. The number of aromatic nitrogens is 2. The molecule has 1 aromatic carbocycles. The molecular formula is C17H21N3O4. The molecule has 3 rings (SSSR count). The van der Waals surface area contributed by atoms with Gasteiger partial charge in [0.25, 0.3) is 11.5 Å². The van der Waals surface area contributed by atoms with Crippen molar-refractivity contribution in [3.05, 3.63) is 40.3 Å². The van der Waals surface area contributed by atoms with Crippen molar-refractivity contribution < 1.29 is 14.6 Å². The van der Waals surface area contributed by atoms with E-state index in [1.165, 1.54) is 4.90 Å². The fraction of sp³-hybridized carbons (Fsp3) is 0.471. The van der Waals surface area contributed by atoms with Gasteiger partial charge in [0.2, 0.25) is 0 Å². The highest BCUT2D eigenvalue weighted by Gasteiger charge is 2.35. The van der Waals surface area contributed by atoms with E-state index in [1.807, 2.05) is 0 Å². The zero-order valence-electron chi connectivity index (χ0n) is 13.6. The van der Waals surface area contributed by atoms with Crippen LogP contribution in [-0.2, 0) is 4.74 Å². The second kappa shape index (κ2) is 6.70. The third-order valence-electron chi connectivity index (χ3n) is 4.61. The highest BCUT2D eigenvalue weighted by molar-refractivity contribution is 5.93. The van der Waals surface area contributed by atoms with Crippen molar-refractivity contribution in [2.75, 3.05) is 33.4 Å². The van der Waals surface area contributed by atoms with Gasteiger partial charge in [-0.05, 0) is 25.0 Å². The number of amides is 1. The Hall–Kier alpha value is -2.25. The SMILES string of the molecule is CN(CC1(CO)CCOCC1)C(=O)c1nc2ccccc2[nH]c1=O. The molecule has 0 aliphatic carbocycles. The smallest absolute Gasteiger partial charge is 0.280 e. The van der Waals surface area contributed by atoms with Crippen LogP contribution in [0, 0.1) is 5.41 Å². The number of aliphatic hydroxyl groups is 1. The first kappa shape index (κ1) is 16.6. The largest absolute Gasteiger partial charge is 0.396 e. The van der Waals surface area contributed by atoms with Gasteiger partial charge in [-0.2, -0.15) is 0 Å². The van der Waals surface area contributed by atoms with Crippen molar-refractivity contribution in [3.8, 4) is 0 Å². The van der Waals surface area contributed by atoms with Crippen LogP contribution in [-0.4, -0.2) is 59.3 Å². The minimum atomic E-state index is -0.504. The maximum Gasteiger partial charge on any atom is 0.280 e. The van der Waals surface area contributed by atoms with Crippen LogP contribution in [0.15, 0.2) is 29.1 Å². The lowest BCUT2D eigenvalue weighted by molar-refractivity contribution is -0.0283. The number of carbonyl (C=O) groups is 1. The summed E-state index contributed by atoms with van der Waals surface area (Å²) in [5, 5.41) is 9.76. The van der Waals surface area contributed by atoms with Crippen molar-refractivity contribution >= 4 is 16.9 Å². The summed E-state index contributed by atoms with van der Waals surface area (Å²) in [7, 11) is 1.63. The molecule has 24 heavy (non-hydrogen) atoms. The molecule has 7 nitrogen and oxygen atoms in total. The Morgan fingerprint density at radius 2 is 2.08 bits per heavy atom. The molecule has 0 unspecified atom stereocenters. The lowest BCUT2D eigenvalue weighted by Gasteiger charge is -2.38. The van der Waals surface area contributed by atoms with Gasteiger partial charge in [-0.15, -0.1) is 0 Å². The van der Waals surface area contributed by atoms with E-state index in [-0.39, 0.29) is 17.7 Å². The lowest BCUT2D eigenvalue weighted by Crippen LogP contribution is -2.45. The van der Waals surface area contributed by atoms with E-state index in [2.05, 4.69) is 9.97 Å². The first-order valence-electron chi connectivity index (χ1n) is 7.98. The summed E-state index contributed by atoms with van der Waals surface area (Å²) in [5.41, 5.74) is 0.147. The van der Waals surface area contributed by atoms with E-state index in [0.717, 1.165) is 0 Å². The lowest BCUT2D eigenvalue weighted by atomic mass is 9.80. The Morgan fingerprint density at radius 3 is 2.79 bits per heavy atom. The summed E-state index contributed by atoms with van der Waals surface area (Å²) >= 11 is 0. The van der Waals surface area contributed by atoms with Crippen molar-refractivity contribution in [3.63, 3.8) is 0 Å². The van der Waals surface area contributed by atoms with E-state index >= 15 is 0 Å². The van der Waals surface area contributed by atoms with Gasteiger partial charge in [0.1, 0.15) is 0 Å². The maximum absolute atomic E-state index is 12.7. The first-order valence-corrected chi connectivity index (χ1v) is 7.98. The zero-order chi connectivity index (χ0) is 17.2. The fourth-order valence-corrected chi connectivity index (χ4v) is 3.10. The Kier molecular flexibility index (Phi) is 4.64. The number of H-pyrrole nitrogens is 1. The third kappa shape index (κ3) is 3.18. The molecule has 1 aliphatic heterocycles. The molecule has 128 valence electrons. The molecule has 1 aliphatic rings. The number of benzene rings is 1. The van der Waals surface area contributed by atoms with Crippen molar-refractivity contribution in [2.45, 2.75) is 12.8 Å². The minimum absolute atomic E-state index is 0.0184. The van der Waals surface area contributed by atoms with E-state index in [9.17, 15) is 14.7 Å². The summed E-state index contributed by atoms with van der Waals surface area (Å²) in [6.07, 6.45) is 1.37. The quantitative estimate of drug-likeness (QED) is 0.863. The molecular weight excluding hydrogens is 310 g/mol. The molecule has 0 atom stereocenters. The molecule has 0 spiro atoms. The Morgan fingerprint density at radius 1 is 1.38 bits per heavy atom. The number of nitrogens with zero attached hydrogens (tertiary/aromatic N) is 2. The molecule has 2 N–H and O–H groups in total. The molecule has 1 fully saturated rings. The predicted molar refractivity (Wildman–Crippen MR) is 88.9 cm³/mol. The maximum atomic E-state index is 12.7. The average Bonchev–Trinajstić information content (AvgIpc) is 2.61. The van der Waals surface area contributed by atoms with Crippen molar-refractivity contribution in [1.82, 2.24) is 14.9 Å². The monoisotopic (exact) mass is 331 g/mol. The number of hydrogen-bond acceptors (Lipinski definition) is 5. The Balaban J connectivity index is 1.85. The summed E-state index contributed by atoms with van der Waals surface area (Å²) < 4.78 is 5.34. The minimum Gasteiger partial charge on any atom is -0.396 e. The summed E-state index contributed by atoms with van der Waals surface area (Å²) in [6, 6.07) is 7.08. The molecule has 2 heterocycles. The molecule has 1 amide bonds. The van der Waals surface area contributed by atoms with Gasteiger partial charge < -0.3 is 19.7 Å². The molecule has 0 radical (unpaired) electrons. The summed E-state index contributed by atoms with van der Waals surface area (Å²) in [6.45, 7) is 1.48. The van der Waals surface area contributed by atoms with E-state index in [0.29, 0.717) is 43.6 Å². The predicted octanol–water partition coefficient (Wildman–Crippen LogP) is 0.784. The van der Waals surface area contributed by atoms with E-state index in [1.54, 1.807) is 31.3 Å². The molecule has 7 heteroatoms. The van der Waals surface area contributed by atoms with E-state index < -0.39 is 11.5 Å². The average molecular weight is 331 g/mol. The highest BCUT2D eigenvalue weighted by atomic mass is 16.5. The first-order chi connectivity index (χ1) is 11.5. The zero-order valence-corrected chi connectivity index (χ0v) is 13.6. The number of carbonyl (C=O) groups excluding carboxylic acids is 1. The molecule has 1 saturated heterocycles. The second-order valence-electron chi connectivity index (χ2n) is 6.36. The van der Waals surface area contributed by atoms with Gasteiger partial charge in [-0.25, -0.2) is 4.98 Å². The third-order valence-corrected chi connectivity index (χ3v) is 4.61. The van der Waals surface area contributed by atoms with Gasteiger partial charge in [0.05, 0.1) is 17.6 Å². The van der Waals surface area contributed by atoms with Gasteiger partial charge >= 0.3 is 0 Å². The number of aliphatic hydroxyl groups excluding tert-OH is 1. The normalized spacial score (nSPS) is 16.9. The number of aromatic amines is 1. The Bertz CT molecular complexity index is 796. The molecule has 1 aromatic heterocycles. The standard InChI is InChI=1S/C17H21N3O4/c1-20(10-17(11-21)6-8-24-9-7-17)16(23)14-15(22)19-13-5-3-2-4-12(13)18-14/h2-5,21H,6-11H2,1H3,(H,19,22). The molecule has 0 saturated carbocycles. The van der Waals surface area contributed by atoms with Crippen LogP contribution in [0.5, 0.6) is 0 Å². The second-order valence-corrected chi connectivity index (χ2v) is 6.36. The number of nitrogens with one attached hydrogen (secondary N) is 1. The van der Waals surface area contributed by atoms with Crippen molar-refractivity contribution in [2.24, 2.45) is 5.41 Å². The van der Waals surface area contributed by atoms with Crippen LogP contribution in [0.4, 0.5) is 0 Å². The van der Waals surface area contributed by atoms with Crippen LogP contribution in [0.3, 0.4) is 0 Å². The van der Waals surface area contributed by atoms with Gasteiger partial charge in [0.15, 0.2) is 5.69 Å². The number of rotatable bonds is 4.